The minimum Gasteiger partial charge on any atom is -0.289 e. The molecule has 0 fully saturated rings. The van der Waals surface area contributed by atoms with E-state index >= 15 is 0 Å². The summed E-state index contributed by atoms with van der Waals surface area (Å²) in [6.07, 6.45) is 3.75. The van der Waals surface area contributed by atoms with Gasteiger partial charge in [-0.25, -0.2) is 8.78 Å². The Labute approximate surface area is 80.4 Å². The third kappa shape index (κ3) is 2.13. The highest BCUT2D eigenvalue weighted by Crippen LogP contribution is 2.12. The fourth-order valence-corrected chi connectivity index (χ4v) is 0.972. The van der Waals surface area contributed by atoms with Crippen LogP contribution >= 0.6 is 0 Å². The minimum atomic E-state index is -0.858. The van der Waals surface area contributed by atoms with Crippen molar-refractivity contribution in [1.82, 2.24) is 0 Å². The molecule has 72 valence electrons. The quantitative estimate of drug-likeness (QED) is 0.410. The molecule has 0 saturated heterocycles. The SMILES string of the molecule is C=CC=CC(=O)c1c(F)cccc1F. The normalized spacial score (nSPS) is 10.4. The summed E-state index contributed by atoms with van der Waals surface area (Å²) in [4.78, 5) is 11.2. The van der Waals surface area contributed by atoms with Gasteiger partial charge in [-0.1, -0.05) is 24.8 Å². The van der Waals surface area contributed by atoms with Crippen molar-refractivity contribution in [3.05, 3.63) is 60.2 Å². The van der Waals surface area contributed by atoms with E-state index in [0.29, 0.717) is 0 Å². The average Bonchev–Trinajstić information content (AvgIpc) is 2.14. The van der Waals surface area contributed by atoms with Crippen molar-refractivity contribution in [3.8, 4) is 0 Å². The van der Waals surface area contributed by atoms with Crippen molar-refractivity contribution in [2.24, 2.45) is 0 Å². The molecule has 14 heavy (non-hydrogen) atoms. The maximum Gasteiger partial charge on any atom is 0.191 e. The third-order valence-electron chi connectivity index (χ3n) is 1.59. The Morgan fingerprint density at radius 3 is 2.36 bits per heavy atom. The van der Waals surface area contributed by atoms with E-state index in [9.17, 15) is 13.6 Å². The maximum absolute atomic E-state index is 13.0. The molecule has 0 aliphatic rings. The molecular weight excluding hydrogens is 186 g/mol. The van der Waals surface area contributed by atoms with Gasteiger partial charge in [-0.15, -0.1) is 0 Å². The largest absolute Gasteiger partial charge is 0.289 e. The summed E-state index contributed by atoms with van der Waals surface area (Å²) in [5, 5.41) is 0. The zero-order valence-electron chi connectivity index (χ0n) is 7.34. The molecule has 0 amide bonds. The van der Waals surface area contributed by atoms with Crippen LogP contribution in [0.3, 0.4) is 0 Å². The van der Waals surface area contributed by atoms with Crippen LogP contribution in [0.1, 0.15) is 10.4 Å². The van der Waals surface area contributed by atoms with Crippen molar-refractivity contribution in [3.63, 3.8) is 0 Å². The minimum absolute atomic E-state index is 0.536. The number of carbonyl (C=O) groups is 1. The second-order valence-corrected chi connectivity index (χ2v) is 2.56. The summed E-state index contributed by atoms with van der Waals surface area (Å²) in [5.41, 5.74) is -0.536. The molecule has 0 atom stereocenters. The highest BCUT2D eigenvalue weighted by molar-refractivity contribution is 6.05. The van der Waals surface area contributed by atoms with Crippen LogP contribution in [-0.4, -0.2) is 5.78 Å². The standard InChI is InChI=1S/C11H8F2O/c1-2-3-7-10(14)11-8(12)5-4-6-9(11)13/h2-7H,1H2. The van der Waals surface area contributed by atoms with Gasteiger partial charge in [0.25, 0.3) is 0 Å². The molecule has 0 aliphatic carbocycles. The van der Waals surface area contributed by atoms with Crippen molar-refractivity contribution >= 4 is 5.78 Å². The summed E-state index contributed by atoms with van der Waals surface area (Å²) < 4.78 is 26.0. The Balaban J connectivity index is 3.12. The number of allylic oxidation sites excluding steroid dienone is 3. The summed E-state index contributed by atoms with van der Waals surface area (Å²) in [6, 6.07) is 3.29. The van der Waals surface area contributed by atoms with Gasteiger partial charge in [0.05, 0.1) is 5.56 Å². The van der Waals surface area contributed by atoms with E-state index in [4.69, 9.17) is 0 Å². The van der Waals surface area contributed by atoms with Gasteiger partial charge in [0.1, 0.15) is 11.6 Å². The predicted molar refractivity (Wildman–Crippen MR) is 50.0 cm³/mol. The van der Waals surface area contributed by atoms with Crippen LogP contribution in [0, 0.1) is 11.6 Å². The van der Waals surface area contributed by atoms with E-state index in [1.54, 1.807) is 0 Å². The molecule has 1 nitrogen and oxygen atoms in total. The van der Waals surface area contributed by atoms with Crippen LogP contribution in [0.2, 0.25) is 0 Å². The number of rotatable bonds is 3. The fourth-order valence-electron chi connectivity index (χ4n) is 0.972. The summed E-state index contributed by atoms with van der Waals surface area (Å²) in [6.45, 7) is 3.34. The lowest BCUT2D eigenvalue weighted by Gasteiger charge is -1.99. The zero-order chi connectivity index (χ0) is 10.6. The fraction of sp³-hybridized carbons (Fsp3) is 0. The van der Waals surface area contributed by atoms with Gasteiger partial charge in [-0.05, 0) is 18.2 Å². The van der Waals surface area contributed by atoms with Gasteiger partial charge in [0.15, 0.2) is 5.78 Å². The van der Waals surface area contributed by atoms with Gasteiger partial charge in [-0.2, -0.15) is 0 Å². The third-order valence-corrected chi connectivity index (χ3v) is 1.59. The number of hydrogen-bond donors (Lipinski definition) is 0. The number of benzene rings is 1. The van der Waals surface area contributed by atoms with Gasteiger partial charge in [0, 0.05) is 0 Å². The Hall–Kier alpha value is -1.77. The molecular formula is C11H8F2O. The van der Waals surface area contributed by atoms with Crippen molar-refractivity contribution in [1.29, 1.82) is 0 Å². The summed E-state index contributed by atoms with van der Waals surface area (Å²) in [7, 11) is 0. The molecule has 0 bridgehead atoms. The Morgan fingerprint density at radius 2 is 1.86 bits per heavy atom. The van der Waals surface area contributed by atoms with E-state index in [0.717, 1.165) is 18.2 Å². The molecule has 0 aliphatic heterocycles. The number of carbonyl (C=O) groups excluding carboxylic acids is 1. The maximum atomic E-state index is 13.0. The molecule has 0 aromatic heterocycles. The van der Waals surface area contributed by atoms with Crippen LogP contribution in [0.15, 0.2) is 43.0 Å². The molecule has 0 unspecified atom stereocenters. The van der Waals surface area contributed by atoms with Gasteiger partial charge in [-0.3, -0.25) is 4.79 Å². The Kier molecular flexibility index (Phi) is 3.29. The highest BCUT2D eigenvalue weighted by Gasteiger charge is 2.13. The van der Waals surface area contributed by atoms with Crippen LogP contribution in [0.25, 0.3) is 0 Å². The first-order valence-corrected chi connectivity index (χ1v) is 3.94. The number of halogens is 2. The molecule has 0 spiro atoms. The molecule has 0 N–H and O–H groups in total. The van der Waals surface area contributed by atoms with Gasteiger partial charge < -0.3 is 0 Å². The second kappa shape index (κ2) is 4.46. The lowest BCUT2D eigenvalue weighted by Crippen LogP contribution is -2.02. The lowest BCUT2D eigenvalue weighted by molar-refractivity contribution is 0.103. The first kappa shape index (κ1) is 10.3. The van der Waals surface area contributed by atoms with Crippen molar-refractivity contribution < 1.29 is 13.6 Å². The van der Waals surface area contributed by atoms with E-state index < -0.39 is 23.0 Å². The summed E-state index contributed by atoms with van der Waals surface area (Å²) >= 11 is 0. The summed E-state index contributed by atoms with van der Waals surface area (Å²) in [5.74, 6) is -2.42. The van der Waals surface area contributed by atoms with E-state index in [1.165, 1.54) is 18.2 Å². The molecule has 0 saturated carbocycles. The van der Waals surface area contributed by atoms with E-state index in [1.807, 2.05) is 0 Å². The van der Waals surface area contributed by atoms with Crippen LogP contribution in [0.5, 0.6) is 0 Å². The monoisotopic (exact) mass is 194 g/mol. The van der Waals surface area contributed by atoms with Crippen molar-refractivity contribution in [2.45, 2.75) is 0 Å². The van der Waals surface area contributed by atoms with E-state index in [2.05, 4.69) is 6.58 Å². The topological polar surface area (TPSA) is 17.1 Å². The predicted octanol–water partition coefficient (Wildman–Crippen LogP) is 2.89. The molecule has 1 rings (SSSR count). The van der Waals surface area contributed by atoms with Crippen molar-refractivity contribution in [2.75, 3.05) is 0 Å². The molecule has 3 heteroatoms. The number of hydrogen-bond acceptors (Lipinski definition) is 1. The second-order valence-electron chi connectivity index (χ2n) is 2.56. The number of ketones is 1. The highest BCUT2D eigenvalue weighted by atomic mass is 19.1. The Morgan fingerprint density at radius 1 is 1.29 bits per heavy atom. The average molecular weight is 194 g/mol. The molecule has 0 radical (unpaired) electrons. The molecule has 1 aromatic carbocycles. The van der Waals surface area contributed by atoms with Gasteiger partial charge >= 0.3 is 0 Å². The van der Waals surface area contributed by atoms with Crippen LogP contribution in [-0.2, 0) is 0 Å². The zero-order valence-corrected chi connectivity index (χ0v) is 7.34. The smallest absolute Gasteiger partial charge is 0.191 e. The molecule has 1 aromatic rings. The molecule has 0 heterocycles. The first-order chi connectivity index (χ1) is 6.66. The lowest BCUT2D eigenvalue weighted by atomic mass is 10.1. The van der Waals surface area contributed by atoms with Gasteiger partial charge in [0.2, 0.25) is 0 Å². The van der Waals surface area contributed by atoms with Crippen LogP contribution < -0.4 is 0 Å². The Bertz CT molecular complexity index is 374. The van der Waals surface area contributed by atoms with E-state index in [-0.39, 0.29) is 0 Å². The van der Waals surface area contributed by atoms with Crippen LogP contribution in [0.4, 0.5) is 8.78 Å². The first-order valence-electron chi connectivity index (χ1n) is 3.94.